The van der Waals surface area contributed by atoms with Crippen molar-refractivity contribution < 1.29 is 9.90 Å². The average Bonchev–Trinajstić information content (AvgIpc) is 2.56. The Morgan fingerprint density at radius 2 is 2.00 bits per heavy atom. The monoisotopic (exact) mass is 326 g/mol. The molecule has 0 aromatic heterocycles. The number of rotatable bonds is 3. The summed E-state index contributed by atoms with van der Waals surface area (Å²) < 4.78 is 0.989. The molecule has 0 spiro atoms. The van der Waals surface area contributed by atoms with E-state index in [0.29, 0.717) is 12.8 Å². The van der Waals surface area contributed by atoms with Gasteiger partial charge in [0.05, 0.1) is 0 Å². The molecule has 1 fully saturated rings. The number of carboxylic acids is 1. The summed E-state index contributed by atoms with van der Waals surface area (Å²) in [6.45, 7) is 1.76. The zero-order valence-corrected chi connectivity index (χ0v) is 12.6. The first-order chi connectivity index (χ1) is 9.02. The van der Waals surface area contributed by atoms with E-state index in [1.807, 2.05) is 31.3 Å². The fraction of sp³-hybridized carbons (Fsp3) is 0.500. The van der Waals surface area contributed by atoms with E-state index in [0.717, 1.165) is 29.7 Å². The third kappa shape index (κ3) is 3.48. The van der Waals surface area contributed by atoms with Crippen LogP contribution in [0.15, 0.2) is 28.7 Å². The SMILES string of the molecule is CN1CCCC(Nc2ccc(Br)cc2)(C(=O)O)CC1. The lowest BCUT2D eigenvalue weighted by Crippen LogP contribution is -2.47. The minimum absolute atomic E-state index is 0.620. The highest BCUT2D eigenvalue weighted by Crippen LogP contribution is 2.28. The number of likely N-dealkylation sites (tertiary alicyclic amines) is 1. The summed E-state index contributed by atoms with van der Waals surface area (Å²) in [6, 6.07) is 7.65. The Morgan fingerprint density at radius 3 is 2.63 bits per heavy atom. The second kappa shape index (κ2) is 5.92. The van der Waals surface area contributed by atoms with Gasteiger partial charge >= 0.3 is 5.97 Å². The molecule has 1 aromatic carbocycles. The molecule has 0 saturated carbocycles. The third-order valence-corrected chi connectivity index (χ3v) is 4.23. The summed E-state index contributed by atoms with van der Waals surface area (Å²) in [4.78, 5) is 13.9. The Bertz CT molecular complexity index is 449. The number of hydrogen-bond donors (Lipinski definition) is 2. The van der Waals surface area contributed by atoms with Gasteiger partial charge in [-0.15, -0.1) is 0 Å². The Kier molecular flexibility index (Phi) is 4.47. The lowest BCUT2D eigenvalue weighted by atomic mass is 9.90. The summed E-state index contributed by atoms with van der Waals surface area (Å²) in [7, 11) is 2.04. The number of anilines is 1. The zero-order chi connectivity index (χ0) is 13.9. The molecule has 1 saturated heterocycles. The molecule has 104 valence electrons. The fourth-order valence-electron chi connectivity index (χ4n) is 2.47. The predicted octanol–water partition coefficient (Wildman–Crippen LogP) is 2.80. The summed E-state index contributed by atoms with van der Waals surface area (Å²) in [5, 5.41) is 12.9. The average molecular weight is 327 g/mol. The van der Waals surface area contributed by atoms with Gasteiger partial charge in [0, 0.05) is 16.7 Å². The van der Waals surface area contributed by atoms with Gasteiger partial charge in [-0.1, -0.05) is 15.9 Å². The van der Waals surface area contributed by atoms with Gasteiger partial charge in [-0.05, 0) is 57.1 Å². The molecular weight excluding hydrogens is 308 g/mol. The van der Waals surface area contributed by atoms with E-state index in [1.54, 1.807) is 0 Å². The lowest BCUT2D eigenvalue weighted by molar-refractivity contribution is -0.142. The Balaban J connectivity index is 2.19. The standard InChI is InChI=1S/C14H19BrN2O2/c1-17-9-2-7-14(8-10-17,13(18)19)16-12-5-3-11(15)4-6-12/h3-6,16H,2,7-10H2,1H3,(H,18,19). The van der Waals surface area contributed by atoms with Gasteiger partial charge in [0.1, 0.15) is 5.54 Å². The fourth-order valence-corrected chi connectivity index (χ4v) is 2.74. The molecule has 0 aliphatic carbocycles. The zero-order valence-electron chi connectivity index (χ0n) is 11.0. The van der Waals surface area contributed by atoms with E-state index < -0.39 is 11.5 Å². The van der Waals surface area contributed by atoms with Crippen LogP contribution in [-0.2, 0) is 4.79 Å². The van der Waals surface area contributed by atoms with Crippen LogP contribution in [0.1, 0.15) is 19.3 Å². The highest BCUT2D eigenvalue weighted by Gasteiger charge is 2.39. The molecule has 4 nitrogen and oxygen atoms in total. The van der Waals surface area contributed by atoms with Crippen molar-refractivity contribution in [3.8, 4) is 0 Å². The Hall–Kier alpha value is -1.07. The van der Waals surface area contributed by atoms with Crippen molar-refractivity contribution in [1.29, 1.82) is 0 Å². The van der Waals surface area contributed by atoms with Crippen LogP contribution < -0.4 is 5.32 Å². The minimum atomic E-state index is -0.849. The Morgan fingerprint density at radius 1 is 1.32 bits per heavy atom. The first kappa shape index (κ1) is 14.3. The maximum atomic E-state index is 11.7. The van der Waals surface area contributed by atoms with Crippen molar-refractivity contribution in [3.63, 3.8) is 0 Å². The number of benzene rings is 1. The Labute approximate surface area is 121 Å². The van der Waals surface area contributed by atoms with Gasteiger partial charge in [-0.2, -0.15) is 0 Å². The molecule has 19 heavy (non-hydrogen) atoms. The number of carboxylic acid groups (broad SMARTS) is 1. The van der Waals surface area contributed by atoms with Crippen molar-refractivity contribution in [1.82, 2.24) is 4.90 Å². The molecule has 1 aromatic rings. The normalized spacial score (nSPS) is 24.7. The van der Waals surface area contributed by atoms with Gasteiger partial charge in [-0.3, -0.25) is 0 Å². The molecule has 0 bridgehead atoms. The van der Waals surface area contributed by atoms with E-state index in [1.165, 1.54) is 0 Å². The van der Waals surface area contributed by atoms with Crippen LogP contribution in [0, 0.1) is 0 Å². The summed E-state index contributed by atoms with van der Waals surface area (Å²) in [6.07, 6.45) is 2.17. The molecule has 5 heteroatoms. The van der Waals surface area contributed by atoms with Crippen LogP contribution in [0.4, 0.5) is 5.69 Å². The van der Waals surface area contributed by atoms with Crippen LogP contribution in [0.3, 0.4) is 0 Å². The van der Waals surface area contributed by atoms with Crippen LogP contribution in [0.25, 0.3) is 0 Å². The molecule has 1 aliphatic rings. The molecule has 1 heterocycles. The largest absolute Gasteiger partial charge is 0.480 e. The van der Waals surface area contributed by atoms with E-state index >= 15 is 0 Å². The van der Waals surface area contributed by atoms with Gasteiger partial charge in [0.25, 0.3) is 0 Å². The van der Waals surface area contributed by atoms with Crippen molar-refractivity contribution >= 4 is 27.6 Å². The van der Waals surface area contributed by atoms with Gasteiger partial charge < -0.3 is 15.3 Å². The highest BCUT2D eigenvalue weighted by atomic mass is 79.9. The second-order valence-corrected chi connectivity index (χ2v) is 6.09. The number of aliphatic carboxylic acids is 1. The molecule has 1 aliphatic heterocycles. The molecule has 2 N–H and O–H groups in total. The number of nitrogens with zero attached hydrogens (tertiary/aromatic N) is 1. The van der Waals surface area contributed by atoms with Gasteiger partial charge in [0.15, 0.2) is 0 Å². The third-order valence-electron chi connectivity index (χ3n) is 3.70. The summed E-state index contributed by atoms with van der Waals surface area (Å²) in [5.74, 6) is -0.759. The molecule has 1 atom stereocenters. The lowest BCUT2D eigenvalue weighted by Gasteiger charge is -2.30. The van der Waals surface area contributed by atoms with Crippen molar-refractivity contribution in [2.75, 3.05) is 25.5 Å². The van der Waals surface area contributed by atoms with E-state index in [2.05, 4.69) is 26.1 Å². The maximum Gasteiger partial charge on any atom is 0.329 e. The van der Waals surface area contributed by atoms with Crippen LogP contribution >= 0.6 is 15.9 Å². The summed E-state index contributed by atoms with van der Waals surface area (Å²) >= 11 is 3.38. The van der Waals surface area contributed by atoms with Crippen molar-refractivity contribution in [3.05, 3.63) is 28.7 Å². The molecule has 0 amide bonds. The first-order valence-corrected chi connectivity index (χ1v) is 7.27. The van der Waals surface area contributed by atoms with Gasteiger partial charge in [0.2, 0.25) is 0 Å². The maximum absolute atomic E-state index is 11.7. The molecular formula is C14H19BrN2O2. The van der Waals surface area contributed by atoms with Crippen LogP contribution in [0.2, 0.25) is 0 Å². The number of hydrogen-bond acceptors (Lipinski definition) is 3. The molecule has 2 rings (SSSR count). The number of nitrogens with one attached hydrogen (secondary N) is 1. The van der Waals surface area contributed by atoms with Crippen LogP contribution in [0.5, 0.6) is 0 Å². The molecule has 0 radical (unpaired) electrons. The van der Waals surface area contributed by atoms with E-state index in [-0.39, 0.29) is 0 Å². The topological polar surface area (TPSA) is 52.6 Å². The number of halogens is 1. The first-order valence-electron chi connectivity index (χ1n) is 6.47. The van der Waals surface area contributed by atoms with Crippen molar-refractivity contribution in [2.45, 2.75) is 24.8 Å². The van der Waals surface area contributed by atoms with Crippen LogP contribution in [-0.4, -0.2) is 41.7 Å². The smallest absolute Gasteiger partial charge is 0.329 e. The van der Waals surface area contributed by atoms with E-state index in [4.69, 9.17) is 0 Å². The summed E-state index contributed by atoms with van der Waals surface area (Å²) in [5.41, 5.74) is 0.00800. The minimum Gasteiger partial charge on any atom is -0.480 e. The second-order valence-electron chi connectivity index (χ2n) is 5.18. The highest BCUT2D eigenvalue weighted by molar-refractivity contribution is 9.10. The number of carbonyl (C=O) groups is 1. The van der Waals surface area contributed by atoms with E-state index in [9.17, 15) is 9.90 Å². The predicted molar refractivity (Wildman–Crippen MR) is 79.5 cm³/mol. The van der Waals surface area contributed by atoms with Gasteiger partial charge in [-0.25, -0.2) is 4.79 Å². The van der Waals surface area contributed by atoms with Crippen molar-refractivity contribution in [2.24, 2.45) is 0 Å². The molecule has 1 unspecified atom stereocenters. The quantitative estimate of drug-likeness (QED) is 0.896.